The molecule has 0 atom stereocenters. The van der Waals surface area contributed by atoms with Crippen LogP contribution >= 0.6 is 0 Å². The number of nitrogens with zero attached hydrogens (tertiary/aromatic N) is 1. The number of rotatable bonds is 2. The number of alkyl halides is 3. The van der Waals surface area contributed by atoms with Gasteiger partial charge in [0.15, 0.2) is 5.78 Å². The van der Waals surface area contributed by atoms with Gasteiger partial charge in [-0.15, -0.1) is 0 Å². The van der Waals surface area contributed by atoms with Crippen molar-refractivity contribution in [2.24, 2.45) is 0 Å². The highest BCUT2D eigenvalue weighted by Gasteiger charge is 2.35. The molecular formula is C13H8F4N2O. The van der Waals surface area contributed by atoms with Crippen LogP contribution in [0.25, 0.3) is 0 Å². The maximum atomic E-state index is 13.3. The van der Waals surface area contributed by atoms with Crippen LogP contribution in [0.5, 0.6) is 0 Å². The number of pyridine rings is 1. The van der Waals surface area contributed by atoms with Gasteiger partial charge in [0.25, 0.3) is 0 Å². The van der Waals surface area contributed by atoms with Crippen molar-refractivity contribution in [1.82, 2.24) is 4.98 Å². The van der Waals surface area contributed by atoms with Crippen LogP contribution in [0.15, 0.2) is 36.7 Å². The summed E-state index contributed by atoms with van der Waals surface area (Å²) in [6.07, 6.45) is -3.00. The summed E-state index contributed by atoms with van der Waals surface area (Å²) in [7, 11) is 0. The Morgan fingerprint density at radius 1 is 1.15 bits per heavy atom. The molecule has 0 aliphatic heterocycles. The van der Waals surface area contributed by atoms with Crippen LogP contribution in [0.2, 0.25) is 0 Å². The summed E-state index contributed by atoms with van der Waals surface area (Å²) in [6, 6.07) is 4.05. The van der Waals surface area contributed by atoms with Gasteiger partial charge in [-0.05, 0) is 18.2 Å². The molecule has 2 aromatic rings. The summed E-state index contributed by atoms with van der Waals surface area (Å²) < 4.78 is 51.7. The van der Waals surface area contributed by atoms with Gasteiger partial charge >= 0.3 is 6.18 Å². The lowest BCUT2D eigenvalue weighted by molar-refractivity contribution is -0.137. The lowest BCUT2D eigenvalue weighted by Crippen LogP contribution is -2.15. The first kappa shape index (κ1) is 14.0. The summed E-state index contributed by atoms with van der Waals surface area (Å²) in [6.45, 7) is 0. The molecule has 0 fully saturated rings. The third kappa shape index (κ3) is 2.47. The summed E-state index contributed by atoms with van der Waals surface area (Å²) in [5.41, 5.74) is 2.75. The normalized spacial score (nSPS) is 11.4. The third-order valence-corrected chi connectivity index (χ3v) is 2.67. The van der Waals surface area contributed by atoms with E-state index in [-0.39, 0.29) is 5.56 Å². The molecule has 104 valence electrons. The molecule has 7 heteroatoms. The van der Waals surface area contributed by atoms with Crippen molar-refractivity contribution in [2.45, 2.75) is 6.18 Å². The predicted molar refractivity (Wildman–Crippen MR) is 63.5 cm³/mol. The van der Waals surface area contributed by atoms with Crippen molar-refractivity contribution in [1.29, 1.82) is 0 Å². The van der Waals surface area contributed by atoms with E-state index in [0.717, 1.165) is 24.5 Å². The maximum absolute atomic E-state index is 13.3. The van der Waals surface area contributed by atoms with Gasteiger partial charge in [0.2, 0.25) is 0 Å². The number of carbonyl (C=O) groups excluding carboxylic acids is 1. The van der Waals surface area contributed by atoms with E-state index in [2.05, 4.69) is 4.98 Å². The van der Waals surface area contributed by atoms with Gasteiger partial charge in [-0.2, -0.15) is 13.2 Å². The van der Waals surface area contributed by atoms with Crippen LogP contribution in [0.3, 0.4) is 0 Å². The van der Waals surface area contributed by atoms with E-state index in [4.69, 9.17) is 5.73 Å². The second-order valence-electron chi connectivity index (χ2n) is 3.95. The molecule has 0 spiro atoms. The molecule has 2 N–H and O–H groups in total. The summed E-state index contributed by atoms with van der Waals surface area (Å²) in [4.78, 5) is 15.6. The second kappa shape index (κ2) is 4.92. The van der Waals surface area contributed by atoms with Crippen LogP contribution in [0, 0.1) is 5.82 Å². The number of anilines is 1. The fourth-order valence-corrected chi connectivity index (χ4v) is 1.70. The van der Waals surface area contributed by atoms with Crippen molar-refractivity contribution in [3.63, 3.8) is 0 Å². The van der Waals surface area contributed by atoms with E-state index >= 15 is 0 Å². The highest BCUT2D eigenvalue weighted by Crippen LogP contribution is 2.33. The number of benzene rings is 1. The zero-order valence-electron chi connectivity index (χ0n) is 9.91. The Morgan fingerprint density at radius 3 is 2.50 bits per heavy atom. The minimum absolute atomic E-state index is 0.330. The van der Waals surface area contributed by atoms with Crippen molar-refractivity contribution in [3.05, 3.63) is 59.2 Å². The molecule has 0 bridgehead atoms. The minimum atomic E-state index is -4.71. The molecule has 0 aliphatic carbocycles. The number of para-hydroxylation sites is 1. The zero-order valence-corrected chi connectivity index (χ0v) is 9.91. The number of aromatic nitrogens is 1. The third-order valence-electron chi connectivity index (χ3n) is 2.67. The van der Waals surface area contributed by atoms with E-state index in [1.807, 2.05) is 0 Å². The number of hydrogen-bond donors (Lipinski definition) is 1. The van der Waals surface area contributed by atoms with Crippen molar-refractivity contribution >= 4 is 11.5 Å². The van der Waals surface area contributed by atoms with Crippen LogP contribution < -0.4 is 5.73 Å². The lowest BCUT2D eigenvalue weighted by Gasteiger charge is -2.12. The Labute approximate surface area is 111 Å². The molecule has 2 rings (SSSR count). The van der Waals surface area contributed by atoms with E-state index in [0.29, 0.717) is 6.07 Å². The monoisotopic (exact) mass is 284 g/mol. The van der Waals surface area contributed by atoms with Gasteiger partial charge in [-0.1, -0.05) is 6.07 Å². The number of hydrogen-bond acceptors (Lipinski definition) is 3. The Hall–Kier alpha value is -2.44. The fraction of sp³-hybridized carbons (Fsp3) is 0.0769. The standard InChI is InChI=1S/C13H8F4N2O/c14-10-3-1-2-7(11(10)18)12(20)8-6-19-5-4-9(8)13(15,16)17/h1-6H,18H2. The Bertz CT molecular complexity index is 668. The SMILES string of the molecule is Nc1c(F)cccc1C(=O)c1cnccc1C(F)(F)F. The van der Waals surface area contributed by atoms with Gasteiger partial charge in [0.05, 0.1) is 16.8 Å². The van der Waals surface area contributed by atoms with Crippen LogP contribution in [-0.2, 0) is 6.18 Å². The van der Waals surface area contributed by atoms with Gasteiger partial charge < -0.3 is 5.73 Å². The van der Waals surface area contributed by atoms with Crippen LogP contribution in [0.1, 0.15) is 21.5 Å². The molecule has 0 saturated heterocycles. The van der Waals surface area contributed by atoms with Gasteiger partial charge in [-0.3, -0.25) is 9.78 Å². The first-order valence-corrected chi connectivity index (χ1v) is 5.42. The quantitative estimate of drug-likeness (QED) is 0.524. The molecule has 1 aromatic carbocycles. The molecule has 1 aromatic heterocycles. The topological polar surface area (TPSA) is 56.0 Å². The fourth-order valence-electron chi connectivity index (χ4n) is 1.70. The molecule has 0 saturated carbocycles. The second-order valence-corrected chi connectivity index (χ2v) is 3.95. The first-order valence-electron chi connectivity index (χ1n) is 5.42. The Kier molecular flexibility index (Phi) is 3.44. The Morgan fingerprint density at radius 2 is 1.85 bits per heavy atom. The van der Waals surface area contributed by atoms with Crippen molar-refractivity contribution in [2.75, 3.05) is 5.73 Å². The average Bonchev–Trinajstić information content (AvgIpc) is 2.40. The molecular weight excluding hydrogens is 276 g/mol. The van der Waals surface area contributed by atoms with Crippen LogP contribution in [-0.4, -0.2) is 10.8 Å². The predicted octanol–water partition coefficient (Wildman–Crippen LogP) is 3.05. The van der Waals surface area contributed by atoms with Crippen LogP contribution in [0.4, 0.5) is 23.2 Å². The number of carbonyl (C=O) groups is 1. The molecule has 20 heavy (non-hydrogen) atoms. The molecule has 0 aliphatic rings. The van der Waals surface area contributed by atoms with Crippen molar-refractivity contribution in [3.8, 4) is 0 Å². The van der Waals surface area contributed by atoms with Crippen molar-refractivity contribution < 1.29 is 22.4 Å². The van der Waals surface area contributed by atoms with Gasteiger partial charge in [-0.25, -0.2) is 4.39 Å². The molecule has 3 nitrogen and oxygen atoms in total. The average molecular weight is 284 g/mol. The van der Waals surface area contributed by atoms with Gasteiger partial charge in [0.1, 0.15) is 5.82 Å². The van der Waals surface area contributed by atoms with E-state index in [1.165, 1.54) is 6.07 Å². The smallest absolute Gasteiger partial charge is 0.396 e. The lowest BCUT2D eigenvalue weighted by atomic mass is 9.99. The number of ketones is 1. The highest BCUT2D eigenvalue weighted by atomic mass is 19.4. The molecule has 0 amide bonds. The summed E-state index contributed by atoms with van der Waals surface area (Å²) in [5.74, 6) is -1.89. The molecule has 0 unspecified atom stereocenters. The minimum Gasteiger partial charge on any atom is -0.396 e. The van der Waals surface area contributed by atoms with E-state index in [9.17, 15) is 22.4 Å². The van der Waals surface area contributed by atoms with E-state index < -0.39 is 34.6 Å². The number of nitrogen functional groups attached to an aromatic ring is 1. The zero-order chi connectivity index (χ0) is 14.9. The van der Waals surface area contributed by atoms with E-state index in [1.54, 1.807) is 0 Å². The summed E-state index contributed by atoms with van der Waals surface area (Å²) in [5, 5.41) is 0. The molecule has 1 heterocycles. The maximum Gasteiger partial charge on any atom is 0.417 e. The summed E-state index contributed by atoms with van der Waals surface area (Å²) >= 11 is 0. The first-order chi connectivity index (χ1) is 9.32. The van der Waals surface area contributed by atoms with Gasteiger partial charge in [0, 0.05) is 18.0 Å². The highest BCUT2D eigenvalue weighted by molar-refractivity contribution is 6.12. The number of nitrogens with two attached hydrogens (primary N) is 1. The Balaban J connectivity index is 2.58. The molecule has 0 radical (unpaired) electrons. The largest absolute Gasteiger partial charge is 0.417 e. The number of halogens is 4.